The van der Waals surface area contributed by atoms with Gasteiger partial charge in [-0.05, 0) is 51.2 Å². The summed E-state index contributed by atoms with van der Waals surface area (Å²) in [5.74, 6) is 0.301. The first-order valence-corrected chi connectivity index (χ1v) is 8.16. The van der Waals surface area contributed by atoms with Gasteiger partial charge >= 0.3 is 0 Å². The lowest BCUT2D eigenvalue weighted by atomic mass is 10.00. The third-order valence-corrected chi connectivity index (χ3v) is 4.40. The lowest BCUT2D eigenvalue weighted by Gasteiger charge is -2.27. The van der Waals surface area contributed by atoms with Crippen LogP contribution >= 0.6 is 0 Å². The van der Waals surface area contributed by atoms with Crippen LogP contribution in [0.4, 0.5) is 0 Å². The molecule has 1 aromatic rings. The third-order valence-electron chi connectivity index (χ3n) is 4.40. The van der Waals surface area contributed by atoms with Crippen LogP contribution < -0.4 is 5.32 Å². The van der Waals surface area contributed by atoms with Crippen molar-refractivity contribution in [3.05, 3.63) is 34.9 Å². The summed E-state index contributed by atoms with van der Waals surface area (Å²) in [6, 6.07) is 6.84. The normalized spacial score (nSPS) is 16.8. The van der Waals surface area contributed by atoms with Crippen molar-refractivity contribution in [1.29, 1.82) is 0 Å². The van der Waals surface area contributed by atoms with Gasteiger partial charge in [0.1, 0.15) is 0 Å². The highest BCUT2D eigenvalue weighted by Crippen LogP contribution is 2.18. The van der Waals surface area contributed by atoms with E-state index in [1.165, 1.54) is 23.1 Å². The van der Waals surface area contributed by atoms with Crippen LogP contribution in [0.1, 0.15) is 55.3 Å². The summed E-state index contributed by atoms with van der Waals surface area (Å²) in [5.41, 5.74) is 3.93. The Morgan fingerprint density at radius 3 is 2.67 bits per heavy atom. The molecule has 116 valence electrons. The zero-order valence-corrected chi connectivity index (χ0v) is 13.6. The van der Waals surface area contributed by atoms with E-state index < -0.39 is 0 Å². The first-order valence-electron chi connectivity index (χ1n) is 8.16. The molecule has 0 spiro atoms. The molecule has 3 nitrogen and oxygen atoms in total. The highest BCUT2D eigenvalue weighted by molar-refractivity contribution is 5.76. The van der Waals surface area contributed by atoms with Crippen molar-refractivity contribution in [3.63, 3.8) is 0 Å². The molecule has 1 atom stereocenters. The van der Waals surface area contributed by atoms with Gasteiger partial charge in [0.15, 0.2) is 0 Å². The first kappa shape index (κ1) is 16.0. The lowest BCUT2D eigenvalue weighted by Crippen LogP contribution is -2.37. The number of likely N-dealkylation sites (tertiary alicyclic amines) is 1. The maximum Gasteiger partial charge on any atom is 0.223 e. The van der Waals surface area contributed by atoms with E-state index >= 15 is 0 Å². The molecule has 1 fully saturated rings. The number of amides is 1. The van der Waals surface area contributed by atoms with Crippen molar-refractivity contribution in [2.75, 3.05) is 19.6 Å². The minimum atomic E-state index is 0.291. The number of piperidine rings is 1. The minimum absolute atomic E-state index is 0.291. The zero-order valence-electron chi connectivity index (χ0n) is 13.6. The van der Waals surface area contributed by atoms with Gasteiger partial charge in [-0.3, -0.25) is 4.79 Å². The Bertz CT molecular complexity index is 478. The highest BCUT2D eigenvalue weighted by atomic mass is 16.2. The molecule has 1 saturated heterocycles. The summed E-state index contributed by atoms with van der Waals surface area (Å²) < 4.78 is 0. The van der Waals surface area contributed by atoms with Gasteiger partial charge in [-0.15, -0.1) is 0 Å². The van der Waals surface area contributed by atoms with Crippen molar-refractivity contribution in [3.8, 4) is 0 Å². The molecule has 1 aliphatic heterocycles. The Morgan fingerprint density at radius 2 is 1.95 bits per heavy atom. The smallest absolute Gasteiger partial charge is 0.223 e. The number of hydrogen-bond acceptors (Lipinski definition) is 2. The van der Waals surface area contributed by atoms with Gasteiger partial charge in [0.25, 0.3) is 0 Å². The van der Waals surface area contributed by atoms with Crippen LogP contribution in [0.5, 0.6) is 0 Å². The molecule has 2 rings (SSSR count). The topological polar surface area (TPSA) is 32.3 Å². The molecule has 0 saturated carbocycles. The Kier molecular flexibility index (Phi) is 5.80. The number of carbonyl (C=O) groups excluding carboxylic acids is 1. The molecular formula is C18H28N2O. The Morgan fingerprint density at radius 1 is 1.24 bits per heavy atom. The van der Waals surface area contributed by atoms with Gasteiger partial charge in [-0.1, -0.05) is 23.8 Å². The number of hydrogen-bond donors (Lipinski definition) is 1. The van der Waals surface area contributed by atoms with Gasteiger partial charge in [0, 0.05) is 32.1 Å². The molecule has 1 heterocycles. The van der Waals surface area contributed by atoms with E-state index in [0.29, 0.717) is 18.4 Å². The maximum atomic E-state index is 12.1. The molecule has 3 heteroatoms. The summed E-state index contributed by atoms with van der Waals surface area (Å²) in [5, 5.41) is 3.49. The molecule has 1 unspecified atom stereocenters. The quantitative estimate of drug-likeness (QED) is 0.901. The Balaban J connectivity index is 1.79. The second-order valence-corrected chi connectivity index (χ2v) is 6.23. The predicted molar refractivity (Wildman–Crippen MR) is 87.4 cm³/mol. The molecule has 0 aliphatic carbocycles. The van der Waals surface area contributed by atoms with Crippen molar-refractivity contribution in [1.82, 2.24) is 10.2 Å². The van der Waals surface area contributed by atoms with Crippen LogP contribution in [0.25, 0.3) is 0 Å². The summed E-state index contributed by atoms with van der Waals surface area (Å²) >= 11 is 0. The van der Waals surface area contributed by atoms with E-state index in [2.05, 4.69) is 44.3 Å². The second-order valence-electron chi connectivity index (χ2n) is 6.23. The minimum Gasteiger partial charge on any atom is -0.343 e. The van der Waals surface area contributed by atoms with Crippen LogP contribution in [0, 0.1) is 13.8 Å². The van der Waals surface area contributed by atoms with Crippen molar-refractivity contribution in [2.24, 2.45) is 0 Å². The monoisotopic (exact) mass is 288 g/mol. The fourth-order valence-electron chi connectivity index (χ4n) is 3.03. The summed E-state index contributed by atoms with van der Waals surface area (Å²) in [6.45, 7) is 9.09. The number of benzene rings is 1. The van der Waals surface area contributed by atoms with Crippen molar-refractivity contribution < 1.29 is 4.79 Å². The third kappa shape index (κ3) is 4.57. The Labute approximate surface area is 128 Å². The summed E-state index contributed by atoms with van der Waals surface area (Å²) in [7, 11) is 0. The fraction of sp³-hybridized carbons (Fsp3) is 0.611. The van der Waals surface area contributed by atoms with Crippen LogP contribution in [-0.4, -0.2) is 30.4 Å². The number of rotatable bonds is 5. The number of aryl methyl sites for hydroxylation is 2. The van der Waals surface area contributed by atoms with Crippen molar-refractivity contribution >= 4 is 5.91 Å². The van der Waals surface area contributed by atoms with Crippen LogP contribution in [0.3, 0.4) is 0 Å². The van der Waals surface area contributed by atoms with Gasteiger partial charge in [-0.2, -0.15) is 0 Å². The standard InChI is InChI=1S/C18H28N2O/c1-14-7-8-15(2)17(13-14)16(3)19-10-9-18(21)20-11-5-4-6-12-20/h7-8,13,16,19H,4-6,9-12H2,1-3H3. The second kappa shape index (κ2) is 7.60. The van der Waals surface area contributed by atoms with Crippen LogP contribution in [0.2, 0.25) is 0 Å². The molecule has 0 bridgehead atoms. The average molecular weight is 288 g/mol. The van der Waals surface area contributed by atoms with Crippen LogP contribution in [0.15, 0.2) is 18.2 Å². The summed E-state index contributed by atoms with van der Waals surface area (Å²) in [6.07, 6.45) is 4.21. The van der Waals surface area contributed by atoms with Crippen LogP contribution in [-0.2, 0) is 4.79 Å². The van der Waals surface area contributed by atoms with E-state index in [1.807, 2.05) is 4.90 Å². The number of nitrogens with zero attached hydrogens (tertiary/aromatic N) is 1. The highest BCUT2D eigenvalue weighted by Gasteiger charge is 2.16. The number of carbonyl (C=O) groups is 1. The van der Waals surface area contributed by atoms with E-state index in [-0.39, 0.29) is 0 Å². The Hall–Kier alpha value is -1.35. The molecule has 1 N–H and O–H groups in total. The van der Waals surface area contributed by atoms with E-state index in [4.69, 9.17) is 0 Å². The number of nitrogens with one attached hydrogen (secondary N) is 1. The predicted octanol–water partition coefficient (Wildman–Crippen LogP) is 3.36. The first-order chi connectivity index (χ1) is 10.1. The van der Waals surface area contributed by atoms with Gasteiger partial charge in [0.05, 0.1) is 0 Å². The van der Waals surface area contributed by atoms with Gasteiger partial charge < -0.3 is 10.2 Å². The van der Waals surface area contributed by atoms with Crippen molar-refractivity contribution in [2.45, 2.75) is 52.5 Å². The fourth-order valence-corrected chi connectivity index (χ4v) is 3.03. The molecular weight excluding hydrogens is 260 g/mol. The lowest BCUT2D eigenvalue weighted by molar-refractivity contribution is -0.132. The van der Waals surface area contributed by atoms with E-state index in [0.717, 1.165) is 32.5 Å². The SMILES string of the molecule is Cc1ccc(C)c(C(C)NCCC(=O)N2CCCCC2)c1. The largest absolute Gasteiger partial charge is 0.343 e. The van der Waals surface area contributed by atoms with Gasteiger partial charge in [-0.25, -0.2) is 0 Å². The molecule has 21 heavy (non-hydrogen) atoms. The van der Waals surface area contributed by atoms with Gasteiger partial charge in [0.2, 0.25) is 5.91 Å². The molecule has 0 aromatic heterocycles. The molecule has 1 aromatic carbocycles. The van der Waals surface area contributed by atoms with E-state index in [9.17, 15) is 4.79 Å². The molecule has 1 amide bonds. The summed E-state index contributed by atoms with van der Waals surface area (Å²) in [4.78, 5) is 14.1. The molecule has 0 radical (unpaired) electrons. The average Bonchev–Trinajstić information content (AvgIpc) is 2.50. The van der Waals surface area contributed by atoms with E-state index in [1.54, 1.807) is 0 Å². The molecule has 1 aliphatic rings. The maximum absolute atomic E-state index is 12.1. The zero-order chi connectivity index (χ0) is 15.2.